The van der Waals surface area contributed by atoms with Gasteiger partial charge in [0.15, 0.2) is 10.8 Å². The van der Waals surface area contributed by atoms with Gasteiger partial charge in [-0.05, 0) is 20.8 Å². The Bertz CT molecular complexity index is 943. The number of carbonyl (C=O) groups excluding carboxylic acids is 3. The quantitative estimate of drug-likeness (QED) is 0.224. The highest BCUT2D eigenvalue weighted by atomic mass is 32.2. The average Bonchev–Trinajstić information content (AvgIpc) is 3.14. The molecule has 1 aromatic rings. The number of nitrogens with zero attached hydrogens (tertiary/aromatic N) is 3. The minimum Gasteiger partial charge on any atom is -0.478 e. The molecule has 1 saturated heterocycles. The first-order valence-electron chi connectivity index (χ1n) is 8.86. The smallest absolute Gasteiger partial charge is 0.334 e. The van der Waals surface area contributed by atoms with Gasteiger partial charge >= 0.3 is 5.97 Å². The summed E-state index contributed by atoms with van der Waals surface area (Å²) in [7, 11) is 0. The number of aromatic nitrogens is 1. The fourth-order valence-corrected chi connectivity index (χ4v) is 4.76. The van der Waals surface area contributed by atoms with Crippen LogP contribution in [-0.4, -0.2) is 67.7 Å². The van der Waals surface area contributed by atoms with E-state index in [0.717, 1.165) is 11.3 Å². The Morgan fingerprint density at radius 1 is 1.43 bits per heavy atom. The molecule has 3 heterocycles. The fraction of sp³-hybridized carbons (Fsp3) is 0.412. The Morgan fingerprint density at radius 2 is 2.17 bits per heavy atom. The summed E-state index contributed by atoms with van der Waals surface area (Å²) in [5.41, 5.74) is 0.171. The molecule has 0 radical (unpaired) electrons. The third-order valence-corrected chi connectivity index (χ3v) is 6.39. The molecule has 3 amide bonds. The van der Waals surface area contributed by atoms with Crippen molar-refractivity contribution in [2.45, 2.75) is 43.5 Å². The maximum Gasteiger partial charge on any atom is 0.334 e. The van der Waals surface area contributed by atoms with E-state index in [9.17, 15) is 24.3 Å². The van der Waals surface area contributed by atoms with Crippen molar-refractivity contribution in [1.82, 2.24) is 15.2 Å². The lowest BCUT2D eigenvalue weighted by Crippen LogP contribution is -2.69. The molecule has 2 unspecified atom stereocenters. The Balaban J connectivity index is 1.78. The minimum absolute atomic E-state index is 0.125. The number of fused-ring (bicyclic) bond motifs is 1. The topological polar surface area (TPSA) is 150 Å². The number of β-lactam (4-membered cyclic amide) rings is 1. The van der Waals surface area contributed by atoms with E-state index in [1.807, 2.05) is 0 Å². The Morgan fingerprint density at radius 3 is 2.80 bits per heavy atom. The van der Waals surface area contributed by atoms with Crippen LogP contribution in [0.3, 0.4) is 0 Å². The van der Waals surface area contributed by atoms with Crippen molar-refractivity contribution in [2.75, 3.05) is 5.32 Å². The van der Waals surface area contributed by atoms with Crippen LogP contribution in [0.15, 0.2) is 22.3 Å². The monoisotopic (exact) mass is 453 g/mol. The molecular weight excluding hydrogens is 434 g/mol. The van der Waals surface area contributed by atoms with Crippen LogP contribution in [0.25, 0.3) is 0 Å². The van der Waals surface area contributed by atoms with Crippen LogP contribution in [-0.2, 0) is 24.0 Å². The van der Waals surface area contributed by atoms with Crippen LogP contribution < -0.4 is 10.6 Å². The molecule has 11 nitrogen and oxygen atoms in total. The molecular formula is C17H19N5O6S2. The maximum absolute atomic E-state index is 12.9. The number of thiazole rings is 1. The van der Waals surface area contributed by atoms with Gasteiger partial charge in [-0.15, -0.1) is 23.1 Å². The van der Waals surface area contributed by atoms with Crippen LogP contribution in [0.1, 0.15) is 26.5 Å². The van der Waals surface area contributed by atoms with Gasteiger partial charge in [-0.25, -0.2) is 9.78 Å². The predicted octanol–water partition coefficient (Wildman–Crippen LogP) is 0.597. The number of aliphatic carboxylic acids is 1. The van der Waals surface area contributed by atoms with Crippen molar-refractivity contribution in [3.8, 4) is 0 Å². The van der Waals surface area contributed by atoms with Crippen LogP contribution in [0.2, 0.25) is 0 Å². The van der Waals surface area contributed by atoms with Crippen LogP contribution in [0.5, 0.6) is 0 Å². The SMILES string of the molecule is CC(C)ON=C(C(=O)NC1C(=O)N2C=C(C(=O)O)C(C)S[C@H]12)c1csc(NC=O)n1. The summed E-state index contributed by atoms with van der Waals surface area (Å²) in [6.07, 6.45) is 1.48. The first-order valence-corrected chi connectivity index (χ1v) is 10.7. The van der Waals surface area contributed by atoms with E-state index in [1.54, 1.807) is 20.8 Å². The van der Waals surface area contributed by atoms with E-state index >= 15 is 0 Å². The molecule has 0 saturated carbocycles. The van der Waals surface area contributed by atoms with E-state index in [-0.39, 0.29) is 33.5 Å². The van der Waals surface area contributed by atoms with E-state index in [0.29, 0.717) is 6.41 Å². The van der Waals surface area contributed by atoms with E-state index in [2.05, 4.69) is 20.8 Å². The molecule has 3 atom stereocenters. The molecule has 0 bridgehead atoms. The third-order valence-electron chi connectivity index (χ3n) is 4.17. The Hall–Kier alpha value is -2.93. The maximum atomic E-state index is 12.9. The number of carboxylic acid groups (broad SMARTS) is 1. The summed E-state index contributed by atoms with van der Waals surface area (Å²) < 4.78 is 0. The molecule has 1 aromatic heterocycles. The van der Waals surface area contributed by atoms with Gasteiger partial charge in [-0.1, -0.05) is 5.16 Å². The number of anilines is 1. The van der Waals surface area contributed by atoms with Crippen molar-refractivity contribution in [3.63, 3.8) is 0 Å². The predicted molar refractivity (Wildman–Crippen MR) is 110 cm³/mol. The molecule has 3 N–H and O–H groups in total. The van der Waals surface area contributed by atoms with Crippen molar-refractivity contribution < 1.29 is 29.1 Å². The first-order chi connectivity index (χ1) is 14.2. The van der Waals surface area contributed by atoms with Gasteiger partial charge in [-0.2, -0.15) is 0 Å². The van der Waals surface area contributed by atoms with Crippen molar-refractivity contribution in [1.29, 1.82) is 0 Å². The van der Waals surface area contributed by atoms with E-state index < -0.39 is 29.2 Å². The summed E-state index contributed by atoms with van der Waals surface area (Å²) in [4.78, 5) is 57.8. The van der Waals surface area contributed by atoms with Gasteiger partial charge in [0.05, 0.1) is 5.57 Å². The number of nitrogens with one attached hydrogen (secondary N) is 2. The minimum atomic E-state index is -1.09. The van der Waals surface area contributed by atoms with E-state index in [1.165, 1.54) is 28.2 Å². The summed E-state index contributed by atoms with van der Waals surface area (Å²) >= 11 is 2.37. The van der Waals surface area contributed by atoms with Crippen LogP contribution in [0.4, 0.5) is 5.13 Å². The van der Waals surface area contributed by atoms with Crippen molar-refractivity contribution >= 4 is 58.1 Å². The third kappa shape index (κ3) is 4.31. The number of rotatable bonds is 8. The first kappa shape index (κ1) is 21.8. The molecule has 2 aliphatic heterocycles. The van der Waals surface area contributed by atoms with Crippen LogP contribution >= 0.6 is 23.1 Å². The number of hydrogen-bond donors (Lipinski definition) is 3. The second-order valence-electron chi connectivity index (χ2n) is 6.65. The summed E-state index contributed by atoms with van der Waals surface area (Å²) in [6.45, 7) is 5.20. The summed E-state index contributed by atoms with van der Waals surface area (Å²) in [6, 6.07) is -0.841. The van der Waals surface area contributed by atoms with Gasteiger partial charge in [0, 0.05) is 16.8 Å². The second-order valence-corrected chi connectivity index (χ2v) is 8.97. The number of hydrogen-bond acceptors (Lipinski definition) is 9. The van der Waals surface area contributed by atoms with Gasteiger partial charge in [-0.3, -0.25) is 14.4 Å². The number of carboxylic acids is 1. The zero-order valence-electron chi connectivity index (χ0n) is 16.2. The molecule has 1 fully saturated rings. The highest BCUT2D eigenvalue weighted by molar-refractivity contribution is 8.00. The van der Waals surface area contributed by atoms with Crippen molar-refractivity contribution in [3.05, 3.63) is 22.8 Å². The Labute approximate surface area is 179 Å². The standard InChI is InChI=1S/C17H19N5O6S2/c1-7(2)28-21-11(10-5-29-17(19-10)18-6-23)13(24)20-12-14(25)22-4-9(16(26)27)8(3)30-15(12)22/h4-8,12,15H,1-3H3,(H,20,24)(H,26,27)(H,18,19,23)/t8?,12?,15-/m1/s1. The number of oxime groups is 1. The highest BCUT2D eigenvalue weighted by Gasteiger charge is 2.52. The lowest BCUT2D eigenvalue weighted by molar-refractivity contribution is -0.144. The highest BCUT2D eigenvalue weighted by Crippen LogP contribution is 2.40. The van der Waals surface area contributed by atoms with Gasteiger partial charge in [0.2, 0.25) is 6.41 Å². The molecule has 3 rings (SSSR count). The number of carbonyl (C=O) groups is 4. The second kappa shape index (κ2) is 8.83. The number of amides is 3. The zero-order valence-corrected chi connectivity index (χ0v) is 17.8. The lowest BCUT2D eigenvalue weighted by Gasteiger charge is -2.48. The van der Waals surface area contributed by atoms with Crippen molar-refractivity contribution in [2.24, 2.45) is 5.16 Å². The molecule has 0 aliphatic carbocycles. The average molecular weight is 454 g/mol. The molecule has 2 aliphatic rings. The molecule has 13 heteroatoms. The Kier molecular flexibility index (Phi) is 6.41. The molecule has 0 aromatic carbocycles. The zero-order chi connectivity index (χ0) is 22.0. The van der Waals surface area contributed by atoms with E-state index in [4.69, 9.17) is 4.84 Å². The summed E-state index contributed by atoms with van der Waals surface area (Å²) in [5.74, 6) is -2.17. The van der Waals surface area contributed by atoms with Gasteiger partial charge in [0.1, 0.15) is 23.2 Å². The largest absolute Gasteiger partial charge is 0.478 e. The van der Waals surface area contributed by atoms with Crippen LogP contribution in [0, 0.1) is 0 Å². The molecule has 160 valence electrons. The lowest BCUT2D eigenvalue weighted by atomic mass is 10.1. The normalized spacial score (nSPS) is 23.3. The molecule has 30 heavy (non-hydrogen) atoms. The fourth-order valence-electron chi connectivity index (χ4n) is 2.74. The molecule has 0 spiro atoms. The summed E-state index contributed by atoms with van der Waals surface area (Å²) in [5, 5.41) is 19.2. The number of thioether (sulfide) groups is 1. The van der Waals surface area contributed by atoms with Gasteiger partial charge < -0.3 is 25.5 Å². The van der Waals surface area contributed by atoms with Gasteiger partial charge in [0.25, 0.3) is 11.8 Å².